The maximum absolute atomic E-state index is 10.7. The molecule has 5 heteroatoms. The van der Waals surface area contributed by atoms with E-state index in [0.717, 1.165) is 30.3 Å². The van der Waals surface area contributed by atoms with Gasteiger partial charge >= 0.3 is 0 Å². The van der Waals surface area contributed by atoms with Gasteiger partial charge in [0.2, 0.25) is 0 Å². The maximum atomic E-state index is 10.7. The van der Waals surface area contributed by atoms with Crippen molar-refractivity contribution in [2.45, 2.75) is 31.6 Å². The molecule has 112 valence electrons. The smallest absolute Gasteiger partial charge is 0.129 e. The molecule has 1 saturated heterocycles. The number of nitrogens with zero attached hydrogens (tertiary/aromatic N) is 2. The summed E-state index contributed by atoms with van der Waals surface area (Å²) in [6.45, 7) is 4.16. The molecule has 4 nitrogen and oxygen atoms in total. The number of aromatic nitrogens is 1. The summed E-state index contributed by atoms with van der Waals surface area (Å²) in [5.74, 6) is 0.816. The fraction of sp³-hybridized carbons (Fsp3) is 0.438. The molecule has 0 amide bonds. The van der Waals surface area contributed by atoms with Crippen molar-refractivity contribution < 1.29 is 9.84 Å². The fourth-order valence-electron chi connectivity index (χ4n) is 2.75. The van der Waals surface area contributed by atoms with Crippen LogP contribution in [0, 0.1) is 0 Å². The van der Waals surface area contributed by atoms with Gasteiger partial charge in [0.1, 0.15) is 22.5 Å². The zero-order valence-corrected chi connectivity index (χ0v) is 12.9. The Morgan fingerprint density at radius 1 is 1.43 bits per heavy atom. The Kier molecular flexibility index (Phi) is 4.24. The van der Waals surface area contributed by atoms with Crippen molar-refractivity contribution in [3.8, 4) is 5.75 Å². The van der Waals surface area contributed by atoms with Crippen molar-refractivity contribution >= 4 is 11.3 Å². The third-order valence-corrected chi connectivity index (χ3v) is 4.57. The third-order valence-electron chi connectivity index (χ3n) is 3.81. The lowest BCUT2D eigenvalue weighted by Crippen LogP contribution is -2.56. The van der Waals surface area contributed by atoms with Crippen molar-refractivity contribution in [3.63, 3.8) is 0 Å². The van der Waals surface area contributed by atoms with E-state index in [1.54, 1.807) is 11.3 Å². The van der Waals surface area contributed by atoms with Gasteiger partial charge in [-0.25, -0.2) is 4.98 Å². The van der Waals surface area contributed by atoms with Gasteiger partial charge in [-0.15, -0.1) is 11.3 Å². The Hall–Kier alpha value is -1.43. The minimum absolute atomic E-state index is 0.174. The second kappa shape index (κ2) is 6.13. The molecule has 0 saturated carbocycles. The van der Waals surface area contributed by atoms with Crippen molar-refractivity contribution in [3.05, 3.63) is 46.9 Å². The first-order valence-corrected chi connectivity index (χ1v) is 8.06. The largest absolute Gasteiger partial charge is 0.487 e. The van der Waals surface area contributed by atoms with Crippen LogP contribution < -0.4 is 4.74 Å². The van der Waals surface area contributed by atoms with Crippen molar-refractivity contribution in [2.75, 3.05) is 13.1 Å². The molecule has 3 rings (SSSR count). The van der Waals surface area contributed by atoms with Gasteiger partial charge in [0.05, 0.1) is 6.54 Å². The number of benzene rings is 1. The molecule has 1 N–H and O–H groups in total. The Labute approximate surface area is 129 Å². The average molecular weight is 304 g/mol. The number of thiazole rings is 1. The third kappa shape index (κ3) is 3.61. The van der Waals surface area contributed by atoms with Crippen molar-refractivity contribution in [1.29, 1.82) is 0 Å². The number of hydrogen-bond acceptors (Lipinski definition) is 5. The number of β-amino-alcohol motifs (C(OH)–C–C–N with tert-alkyl or cyclic N) is 1. The van der Waals surface area contributed by atoms with Crippen LogP contribution in [0.4, 0.5) is 0 Å². The number of aliphatic hydroxyl groups is 1. The van der Waals surface area contributed by atoms with Gasteiger partial charge in [-0.2, -0.15) is 0 Å². The minimum atomic E-state index is -0.856. The van der Waals surface area contributed by atoms with E-state index in [0.29, 0.717) is 6.54 Å². The molecule has 1 aromatic carbocycles. The Balaban J connectivity index is 1.62. The summed E-state index contributed by atoms with van der Waals surface area (Å²) < 4.78 is 5.96. The molecule has 0 radical (unpaired) electrons. The molecule has 0 unspecified atom stereocenters. The molecule has 2 aromatic rings. The van der Waals surface area contributed by atoms with Crippen LogP contribution in [0.3, 0.4) is 0 Å². The summed E-state index contributed by atoms with van der Waals surface area (Å²) in [7, 11) is 0. The minimum Gasteiger partial charge on any atom is -0.487 e. The highest BCUT2D eigenvalue weighted by Crippen LogP contribution is 2.27. The van der Waals surface area contributed by atoms with E-state index in [9.17, 15) is 5.11 Å². The molecule has 1 aliphatic rings. The zero-order chi connectivity index (χ0) is 14.7. The van der Waals surface area contributed by atoms with Gasteiger partial charge in [-0.3, -0.25) is 4.90 Å². The topological polar surface area (TPSA) is 45.6 Å². The molecule has 1 aromatic heterocycles. The van der Waals surface area contributed by atoms with Crippen LogP contribution in [0.1, 0.15) is 18.4 Å². The Morgan fingerprint density at radius 3 is 2.90 bits per heavy atom. The van der Waals surface area contributed by atoms with E-state index < -0.39 is 5.60 Å². The highest BCUT2D eigenvalue weighted by Gasteiger charge is 2.39. The summed E-state index contributed by atoms with van der Waals surface area (Å²) in [4.78, 5) is 6.55. The summed E-state index contributed by atoms with van der Waals surface area (Å²) >= 11 is 1.65. The van der Waals surface area contributed by atoms with Crippen LogP contribution in [0.5, 0.6) is 5.75 Å². The normalized spacial score (nSPS) is 26.7. The molecule has 21 heavy (non-hydrogen) atoms. The van der Waals surface area contributed by atoms with Gasteiger partial charge in [0.15, 0.2) is 0 Å². The standard InChI is InChI=1S/C16H20N2O2S/c1-16(19)12-18(11-15-17-8-10-21-15)9-7-14(16)20-13-5-3-2-4-6-13/h2-6,8,10,14,19H,7,9,11-12H2,1H3/t14-,16-/m0/s1. The Morgan fingerprint density at radius 2 is 2.24 bits per heavy atom. The van der Waals surface area contributed by atoms with Crippen LogP contribution in [0.25, 0.3) is 0 Å². The first-order valence-electron chi connectivity index (χ1n) is 7.18. The number of piperidine rings is 1. The van der Waals surface area contributed by atoms with Crippen LogP contribution in [-0.4, -0.2) is 39.8 Å². The summed E-state index contributed by atoms with van der Waals surface area (Å²) in [5, 5.41) is 13.8. The Bertz CT molecular complexity index is 557. The van der Waals surface area contributed by atoms with Crippen LogP contribution >= 0.6 is 11.3 Å². The molecule has 2 atom stereocenters. The summed E-state index contributed by atoms with van der Waals surface area (Å²) in [6.07, 6.45) is 2.46. The molecule has 1 fully saturated rings. The van der Waals surface area contributed by atoms with E-state index in [2.05, 4.69) is 9.88 Å². The van der Waals surface area contributed by atoms with E-state index in [-0.39, 0.29) is 6.10 Å². The van der Waals surface area contributed by atoms with Crippen LogP contribution in [0.2, 0.25) is 0 Å². The van der Waals surface area contributed by atoms with Crippen LogP contribution in [-0.2, 0) is 6.54 Å². The monoisotopic (exact) mass is 304 g/mol. The average Bonchev–Trinajstić information content (AvgIpc) is 2.95. The quantitative estimate of drug-likeness (QED) is 0.943. The fourth-order valence-corrected chi connectivity index (χ4v) is 3.41. The molecule has 0 bridgehead atoms. The number of likely N-dealkylation sites (tertiary alicyclic amines) is 1. The van der Waals surface area contributed by atoms with Gasteiger partial charge in [-0.1, -0.05) is 18.2 Å². The lowest BCUT2D eigenvalue weighted by atomic mass is 9.91. The summed E-state index contributed by atoms with van der Waals surface area (Å²) in [5.41, 5.74) is -0.856. The maximum Gasteiger partial charge on any atom is 0.129 e. The van der Waals surface area contributed by atoms with Gasteiger partial charge in [0, 0.05) is 24.7 Å². The molecule has 0 aliphatic carbocycles. The van der Waals surface area contributed by atoms with Crippen molar-refractivity contribution in [2.24, 2.45) is 0 Å². The second-order valence-corrected chi connectivity index (χ2v) is 6.68. The lowest BCUT2D eigenvalue weighted by Gasteiger charge is -2.42. The molecular weight excluding hydrogens is 284 g/mol. The number of hydrogen-bond donors (Lipinski definition) is 1. The first-order chi connectivity index (χ1) is 10.1. The molecule has 0 spiro atoms. The highest BCUT2D eigenvalue weighted by molar-refractivity contribution is 7.09. The number of ether oxygens (including phenoxy) is 1. The molecule has 2 heterocycles. The van der Waals surface area contributed by atoms with Gasteiger partial charge in [0.25, 0.3) is 0 Å². The van der Waals surface area contributed by atoms with E-state index >= 15 is 0 Å². The van der Waals surface area contributed by atoms with Crippen molar-refractivity contribution in [1.82, 2.24) is 9.88 Å². The van der Waals surface area contributed by atoms with Gasteiger partial charge < -0.3 is 9.84 Å². The van der Waals surface area contributed by atoms with Crippen LogP contribution in [0.15, 0.2) is 41.9 Å². The highest BCUT2D eigenvalue weighted by atomic mass is 32.1. The lowest BCUT2D eigenvalue weighted by molar-refractivity contribution is -0.0993. The predicted molar refractivity (Wildman–Crippen MR) is 83.5 cm³/mol. The number of rotatable bonds is 4. The van der Waals surface area contributed by atoms with E-state index in [1.807, 2.05) is 48.8 Å². The van der Waals surface area contributed by atoms with E-state index in [4.69, 9.17) is 4.74 Å². The van der Waals surface area contributed by atoms with Gasteiger partial charge in [-0.05, 0) is 25.5 Å². The predicted octanol–water partition coefficient (Wildman–Crippen LogP) is 2.55. The summed E-state index contributed by atoms with van der Waals surface area (Å²) in [6, 6.07) is 9.71. The first kappa shape index (κ1) is 14.5. The zero-order valence-electron chi connectivity index (χ0n) is 12.1. The second-order valence-electron chi connectivity index (χ2n) is 5.70. The molecular formula is C16H20N2O2S. The molecule has 1 aliphatic heterocycles. The van der Waals surface area contributed by atoms with E-state index in [1.165, 1.54) is 0 Å². The number of para-hydroxylation sites is 1. The SMILES string of the molecule is C[C@]1(O)CN(Cc2nccs2)CC[C@@H]1Oc1ccccc1.